The summed E-state index contributed by atoms with van der Waals surface area (Å²) in [7, 11) is -3.55. The maximum absolute atomic E-state index is 11.9. The Hall–Kier alpha value is -1.41. The van der Waals surface area contributed by atoms with Gasteiger partial charge in [0.25, 0.3) is 16.0 Å². The second-order valence-corrected chi connectivity index (χ2v) is 7.05. The molecule has 1 saturated heterocycles. The highest BCUT2D eigenvalue weighted by Gasteiger charge is 2.33. The number of carbonyl (C=O) groups excluding carboxylic acids is 2. The standard InChI is InChI=1S/C12H19NO6S/c1-12(2,3)19-11(15)13-7-5-9(10(13)14)6-8-18-20(4,16)17/h6H,5,7-8H2,1-4H3/b9-6+. The Balaban J connectivity index is 2.64. The van der Waals surface area contributed by atoms with Crippen molar-refractivity contribution in [2.45, 2.75) is 32.8 Å². The summed E-state index contributed by atoms with van der Waals surface area (Å²) in [5.74, 6) is -0.476. The normalized spacial score (nSPS) is 18.7. The Morgan fingerprint density at radius 3 is 2.50 bits per heavy atom. The summed E-state index contributed by atoms with van der Waals surface area (Å²) in [6.45, 7) is 5.13. The molecular weight excluding hydrogens is 286 g/mol. The molecule has 8 heteroatoms. The third kappa shape index (κ3) is 5.30. The van der Waals surface area contributed by atoms with E-state index in [1.54, 1.807) is 20.8 Å². The molecule has 0 spiro atoms. The molecule has 2 amide bonds. The van der Waals surface area contributed by atoms with Crippen molar-refractivity contribution in [2.75, 3.05) is 19.4 Å². The molecule has 0 aliphatic carbocycles. The van der Waals surface area contributed by atoms with Crippen LogP contribution in [0.3, 0.4) is 0 Å². The van der Waals surface area contributed by atoms with Gasteiger partial charge < -0.3 is 4.74 Å². The number of likely N-dealkylation sites (tertiary alicyclic amines) is 1. The lowest BCUT2D eigenvalue weighted by Gasteiger charge is -2.23. The molecule has 0 radical (unpaired) electrons. The lowest BCUT2D eigenvalue weighted by atomic mass is 10.2. The molecule has 20 heavy (non-hydrogen) atoms. The number of amides is 2. The van der Waals surface area contributed by atoms with Crippen LogP contribution in [0.1, 0.15) is 27.2 Å². The molecule has 0 N–H and O–H groups in total. The molecule has 0 aromatic carbocycles. The fourth-order valence-electron chi connectivity index (χ4n) is 1.55. The molecule has 0 aromatic heterocycles. The minimum atomic E-state index is -3.55. The molecule has 0 atom stereocenters. The average Bonchev–Trinajstić information content (AvgIpc) is 2.56. The molecule has 1 aliphatic rings. The van der Waals surface area contributed by atoms with Crippen LogP contribution in [-0.4, -0.2) is 50.3 Å². The Morgan fingerprint density at radius 1 is 1.40 bits per heavy atom. The van der Waals surface area contributed by atoms with Crippen molar-refractivity contribution >= 4 is 22.1 Å². The van der Waals surface area contributed by atoms with E-state index in [4.69, 9.17) is 4.74 Å². The van der Waals surface area contributed by atoms with Crippen molar-refractivity contribution in [1.29, 1.82) is 0 Å². The largest absolute Gasteiger partial charge is 0.443 e. The average molecular weight is 305 g/mol. The van der Waals surface area contributed by atoms with Gasteiger partial charge in [-0.25, -0.2) is 9.69 Å². The zero-order valence-electron chi connectivity index (χ0n) is 12.0. The summed E-state index contributed by atoms with van der Waals surface area (Å²) >= 11 is 0. The minimum absolute atomic E-state index is 0.220. The zero-order chi connectivity index (χ0) is 15.6. The van der Waals surface area contributed by atoms with Crippen molar-refractivity contribution in [3.63, 3.8) is 0 Å². The fourth-order valence-corrected chi connectivity index (χ4v) is 1.87. The van der Waals surface area contributed by atoms with Crippen LogP contribution in [0.25, 0.3) is 0 Å². The first-order valence-corrected chi connectivity index (χ1v) is 7.89. The van der Waals surface area contributed by atoms with E-state index in [-0.39, 0.29) is 13.2 Å². The summed E-state index contributed by atoms with van der Waals surface area (Å²) in [6.07, 6.45) is 1.95. The Bertz CT molecular complexity index is 529. The number of imide groups is 1. The van der Waals surface area contributed by atoms with E-state index in [1.807, 2.05) is 0 Å². The van der Waals surface area contributed by atoms with Gasteiger partial charge in [-0.2, -0.15) is 8.42 Å². The number of ether oxygens (including phenoxy) is 1. The van der Waals surface area contributed by atoms with Crippen molar-refractivity contribution in [3.8, 4) is 0 Å². The van der Waals surface area contributed by atoms with E-state index in [1.165, 1.54) is 6.08 Å². The number of rotatable bonds is 3. The summed E-state index contributed by atoms with van der Waals surface area (Å²) in [4.78, 5) is 24.7. The lowest BCUT2D eigenvalue weighted by Crippen LogP contribution is -2.37. The van der Waals surface area contributed by atoms with Crippen LogP contribution in [0.15, 0.2) is 11.6 Å². The van der Waals surface area contributed by atoms with Gasteiger partial charge in [-0.05, 0) is 33.3 Å². The number of nitrogens with zero attached hydrogens (tertiary/aromatic N) is 1. The van der Waals surface area contributed by atoms with E-state index >= 15 is 0 Å². The molecule has 1 heterocycles. The van der Waals surface area contributed by atoms with Crippen LogP contribution in [0.2, 0.25) is 0 Å². The van der Waals surface area contributed by atoms with Gasteiger partial charge in [0.1, 0.15) is 5.60 Å². The maximum Gasteiger partial charge on any atom is 0.417 e. The summed E-state index contributed by atoms with van der Waals surface area (Å²) in [5.41, 5.74) is -0.331. The lowest BCUT2D eigenvalue weighted by molar-refractivity contribution is -0.124. The van der Waals surface area contributed by atoms with Gasteiger partial charge in [-0.3, -0.25) is 8.98 Å². The van der Waals surface area contributed by atoms with E-state index < -0.39 is 27.7 Å². The molecule has 0 bridgehead atoms. The zero-order valence-corrected chi connectivity index (χ0v) is 12.8. The molecule has 1 rings (SSSR count). The second kappa shape index (κ2) is 5.92. The molecule has 0 unspecified atom stereocenters. The Kier molecular flexibility index (Phi) is 4.93. The van der Waals surface area contributed by atoms with Crippen molar-refractivity contribution in [1.82, 2.24) is 4.90 Å². The number of carbonyl (C=O) groups is 2. The maximum atomic E-state index is 11.9. The third-order valence-electron chi connectivity index (χ3n) is 2.35. The highest BCUT2D eigenvalue weighted by atomic mass is 32.2. The predicted octanol–water partition coefficient (Wildman–Crippen LogP) is 1.06. The predicted molar refractivity (Wildman–Crippen MR) is 71.4 cm³/mol. The van der Waals surface area contributed by atoms with Gasteiger partial charge in [-0.1, -0.05) is 0 Å². The summed E-state index contributed by atoms with van der Waals surface area (Å²) in [5, 5.41) is 0. The highest BCUT2D eigenvalue weighted by Crippen LogP contribution is 2.20. The Labute approximate surface area is 118 Å². The molecule has 1 aliphatic heterocycles. The van der Waals surface area contributed by atoms with Crippen LogP contribution in [0.4, 0.5) is 4.79 Å². The number of hydrogen-bond donors (Lipinski definition) is 0. The first kappa shape index (κ1) is 16.6. The van der Waals surface area contributed by atoms with Gasteiger partial charge in [0.2, 0.25) is 0 Å². The molecule has 1 fully saturated rings. The molecule has 0 aromatic rings. The van der Waals surface area contributed by atoms with Crippen LogP contribution in [0, 0.1) is 0 Å². The number of hydrogen-bond acceptors (Lipinski definition) is 6. The Morgan fingerprint density at radius 2 is 2.00 bits per heavy atom. The fraction of sp³-hybridized carbons (Fsp3) is 0.667. The first-order valence-electron chi connectivity index (χ1n) is 6.08. The van der Waals surface area contributed by atoms with Gasteiger partial charge in [0, 0.05) is 12.1 Å². The van der Waals surface area contributed by atoms with Gasteiger partial charge in [0.05, 0.1) is 12.9 Å². The minimum Gasteiger partial charge on any atom is -0.443 e. The van der Waals surface area contributed by atoms with E-state index in [0.717, 1.165) is 11.2 Å². The molecular formula is C12H19NO6S. The van der Waals surface area contributed by atoms with Crippen molar-refractivity contribution < 1.29 is 26.9 Å². The first-order chi connectivity index (χ1) is 8.99. The monoisotopic (exact) mass is 305 g/mol. The summed E-state index contributed by atoms with van der Waals surface area (Å²) in [6, 6.07) is 0. The van der Waals surface area contributed by atoms with Crippen LogP contribution in [0.5, 0.6) is 0 Å². The smallest absolute Gasteiger partial charge is 0.417 e. The second-order valence-electron chi connectivity index (χ2n) is 5.41. The van der Waals surface area contributed by atoms with E-state index in [9.17, 15) is 18.0 Å². The van der Waals surface area contributed by atoms with Gasteiger partial charge in [-0.15, -0.1) is 0 Å². The van der Waals surface area contributed by atoms with Gasteiger partial charge >= 0.3 is 6.09 Å². The van der Waals surface area contributed by atoms with Crippen LogP contribution < -0.4 is 0 Å². The topological polar surface area (TPSA) is 90.0 Å². The van der Waals surface area contributed by atoms with Crippen LogP contribution >= 0.6 is 0 Å². The molecule has 7 nitrogen and oxygen atoms in total. The van der Waals surface area contributed by atoms with Crippen molar-refractivity contribution in [3.05, 3.63) is 11.6 Å². The van der Waals surface area contributed by atoms with Gasteiger partial charge in [0.15, 0.2) is 0 Å². The SMILES string of the molecule is CC(C)(C)OC(=O)N1CC/C(=C\COS(C)(=O)=O)C1=O. The quantitative estimate of drug-likeness (QED) is 0.572. The van der Waals surface area contributed by atoms with E-state index in [0.29, 0.717) is 12.0 Å². The summed E-state index contributed by atoms with van der Waals surface area (Å²) < 4.78 is 31.2. The van der Waals surface area contributed by atoms with Crippen LogP contribution in [-0.2, 0) is 23.8 Å². The van der Waals surface area contributed by atoms with Crippen molar-refractivity contribution in [2.24, 2.45) is 0 Å². The molecule has 114 valence electrons. The highest BCUT2D eigenvalue weighted by molar-refractivity contribution is 7.85. The van der Waals surface area contributed by atoms with E-state index in [2.05, 4.69) is 4.18 Å². The third-order valence-corrected chi connectivity index (χ3v) is 2.91. The molecule has 0 saturated carbocycles.